The van der Waals surface area contributed by atoms with E-state index in [-0.39, 0.29) is 11.5 Å². The summed E-state index contributed by atoms with van der Waals surface area (Å²) in [5, 5.41) is 2.51. The average Bonchev–Trinajstić information content (AvgIpc) is 2.68. The van der Waals surface area contributed by atoms with E-state index in [9.17, 15) is 14.4 Å². The van der Waals surface area contributed by atoms with Gasteiger partial charge < -0.3 is 10.1 Å². The van der Waals surface area contributed by atoms with Crippen LogP contribution in [0.4, 0.5) is 10.5 Å². The van der Waals surface area contributed by atoms with E-state index in [1.165, 1.54) is 26.0 Å². The van der Waals surface area contributed by atoms with Gasteiger partial charge in [0, 0.05) is 6.42 Å². The number of carbonyl (C=O) groups is 3. The average molecular weight is 375 g/mol. The molecule has 0 aliphatic carbocycles. The number of hydrogen-bond donors (Lipinski definition) is 3. The molecular weight excluding hydrogens is 346 g/mol. The van der Waals surface area contributed by atoms with Gasteiger partial charge in [0.05, 0.1) is 18.4 Å². The lowest BCUT2D eigenvalue weighted by molar-refractivity contribution is -0.121. The van der Waals surface area contributed by atoms with Gasteiger partial charge in [-0.25, -0.2) is 15.0 Å². The summed E-state index contributed by atoms with van der Waals surface area (Å²) >= 11 is 0. The van der Waals surface area contributed by atoms with Crippen LogP contribution in [0.2, 0.25) is 0 Å². The third-order valence-electron chi connectivity index (χ3n) is 3.96. The van der Waals surface area contributed by atoms with Crippen molar-refractivity contribution in [2.45, 2.75) is 51.4 Å². The van der Waals surface area contributed by atoms with Gasteiger partial charge >= 0.3 is 12.0 Å². The summed E-state index contributed by atoms with van der Waals surface area (Å²) in [5.41, 5.74) is 5.16. The molecule has 0 aliphatic heterocycles. The number of allylic oxidation sites excluding steroid dienone is 1. The first-order valence-electron chi connectivity index (χ1n) is 9.22. The Morgan fingerprint density at radius 2 is 1.67 bits per heavy atom. The highest BCUT2D eigenvalue weighted by atomic mass is 16.5. The molecule has 27 heavy (non-hydrogen) atoms. The fourth-order valence-corrected chi connectivity index (χ4v) is 2.50. The van der Waals surface area contributed by atoms with Crippen molar-refractivity contribution in [1.29, 1.82) is 0 Å². The smallest absolute Gasteiger partial charge is 0.339 e. The van der Waals surface area contributed by atoms with Crippen LogP contribution in [0.15, 0.2) is 36.9 Å². The van der Waals surface area contributed by atoms with Gasteiger partial charge in [0.1, 0.15) is 0 Å². The van der Waals surface area contributed by atoms with Gasteiger partial charge in [0.15, 0.2) is 0 Å². The maximum absolute atomic E-state index is 11.9. The van der Waals surface area contributed by atoms with E-state index in [0.29, 0.717) is 12.1 Å². The van der Waals surface area contributed by atoms with Crippen LogP contribution in [0.5, 0.6) is 0 Å². The summed E-state index contributed by atoms with van der Waals surface area (Å²) in [6, 6.07) is 5.82. The molecule has 0 saturated heterocycles. The molecule has 0 fully saturated rings. The van der Waals surface area contributed by atoms with Gasteiger partial charge in [-0.3, -0.25) is 10.2 Å². The maximum Gasteiger partial charge on any atom is 0.339 e. The number of ether oxygens (including phenoxy) is 1. The Balaban J connectivity index is 2.22. The zero-order valence-electron chi connectivity index (χ0n) is 15.9. The second kappa shape index (κ2) is 13.4. The molecule has 0 radical (unpaired) electrons. The predicted octanol–water partition coefficient (Wildman–Crippen LogP) is 3.93. The number of benzene rings is 1. The van der Waals surface area contributed by atoms with E-state index in [2.05, 4.69) is 27.5 Å². The monoisotopic (exact) mass is 375 g/mol. The summed E-state index contributed by atoms with van der Waals surface area (Å²) in [5.74, 6) is -0.808. The van der Waals surface area contributed by atoms with Crippen LogP contribution in [0.25, 0.3) is 0 Å². The molecule has 3 N–H and O–H groups in total. The summed E-state index contributed by atoms with van der Waals surface area (Å²) in [6.45, 7) is 3.70. The number of hydrogen-bond acceptors (Lipinski definition) is 4. The first-order valence-corrected chi connectivity index (χ1v) is 9.22. The molecule has 0 saturated carbocycles. The Kier molecular flexibility index (Phi) is 11.0. The minimum Gasteiger partial charge on any atom is -0.465 e. The van der Waals surface area contributed by atoms with Crippen LogP contribution >= 0.6 is 0 Å². The zero-order chi connectivity index (χ0) is 19.9. The van der Waals surface area contributed by atoms with Crippen LogP contribution in [-0.4, -0.2) is 25.0 Å². The van der Waals surface area contributed by atoms with E-state index < -0.39 is 12.0 Å². The molecule has 7 heteroatoms. The number of unbranched alkanes of at least 4 members (excludes halogenated alkanes) is 6. The molecule has 3 amide bonds. The van der Waals surface area contributed by atoms with Crippen LogP contribution in [0.3, 0.4) is 0 Å². The van der Waals surface area contributed by atoms with E-state index in [4.69, 9.17) is 0 Å². The van der Waals surface area contributed by atoms with E-state index in [1.807, 2.05) is 6.08 Å². The summed E-state index contributed by atoms with van der Waals surface area (Å²) in [7, 11) is 1.26. The number of para-hydroxylation sites is 1. The van der Waals surface area contributed by atoms with Crippen LogP contribution in [-0.2, 0) is 9.53 Å². The zero-order valence-corrected chi connectivity index (χ0v) is 15.9. The van der Waals surface area contributed by atoms with Gasteiger partial charge in [0.2, 0.25) is 5.91 Å². The molecule has 1 rings (SSSR count). The van der Waals surface area contributed by atoms with E-state index >= 15 is 0 Å². The van der Waals surface area contributed by atoms with Crippen molar-refractivity contribution in [3.05, 3.63) is 42.5 Å². The van der Waals surface area contributed by atoms with Crippen molar-refractivity contribution in [3.63, 3.8) is 0 Å². The molecule has 0 heterocycles. The highest BCUT2D eigenvalue weighted by Gasteiger charge is 2.13. The molecule has 0 atom stereocenters. The predicted molar refractivity (Wildman–Crippen MR) is 105 cm³/mol. The van der Waals surface area contributed by atoms with Crippen molar-refractivity contribution in [1.82, 2.24) is 10.9 Å². The Morgan fingerprint density at radius 1 is 1.00 bits per heavy atom. The van der Waals surface area contributed by atoms with E-state index in [0.717, 1.165) is 32.1 Å². The van der Waals surface area contributed by atoms with Crippen molar-refractivity contribution in [3.8, 4) is 0 Å². The minimum atomic E-state index is -0.637. The molecule has 1 aromatic rings. The first-order chi connectivity index (χ1) is 13.1. The Morgan fingerprint density at radius 3 is 2.37 bits per heavy atom. The lowest BCUT2D eigenvalue weighted by Gasteiger charge is -2.11. The molecule has 0 aromatic heterocycles. The molecular formula is C20H29N3O4. The standard InChI is InChI=1S/C20H29N3O4/c1-3-4-5-6-7-8-9-10-15-18(24)22-23-20(26)21-17-14-12-11-13-16(17)19(25)27-2/h3,11-14H,1,4-10,15H2,2H3,(H,22,24)(H2,21,23,26). The maximum atomic E-state index is 11.9. The van der Waals surface area contributed by atoms with E-state index in [1.54, 1.807) is 18.2 Å². The third kappa shape index (κ3) is 9.44. The molecule has 0 aliphatic rings. The fourth-order valence-electron chi connectivity index (χ4n) is 2.50. The molecule has 0 unspecified atom stereocenters. The second-order valence-electron chi connectivity index (χ2n) is 6.11. The second-order valence-corrected chi connectivity index (χ2v) is 6.11. The van der Waals surface area contributed by atoms with Crippen LogP contribution < -0.4 is 16.2 Å². The summed E-state index contributed by atoms with van der Waals surface area (Å²) < 4.78 is 4.66. The van der Waals surface area contributed by atoms with Crippen molar-refractivity contribution in [2.75, 3.05) is 12.4 Å². The van der Waals surface area contributed by atoms with Crippen molar-refractivity contribution in [2.24, 2.45) is 0 Å². The highest BCUT2D eigenvalue weighted by Crippen LogP contribution is 2.15. The van der Waals surface area contributed by atoms with Crippen molar-refractivity contribution < 1.29 is 19.1 Å². The Labute approximate surface area is 160 Å². The number of carbonyl (C=O) groups excluding carboxylic acids is 3. The van der Waals surface area contributed by atoms with Gasteiger partial charge in [-0.2, -0.15) is 0 Å². The SMILES string of the molecule is C=CCCCCCCCCC(=O)NNC(=O)Nc1ccccc1C(=O)OC. The Hall–Kier alpha value is -2.83. The normalized spacial score (nSPS) is 9.96. The number of esters is 1. The van der Waals surface area contributed by atoms with Gasteiger partial charge in [-0.1, -0.05) is 43.9 Å². The Bertz CT molecular complexity index is 631. The largest absolute Gasteiger partial charge is 0.465 e. The number of amides is 3. The molecule has 0 spiro atoms. The third-order valence-corrected chi connectivity index (χ3v) is 3.96. The minimum absolute atomic E-state index is 0.231. The quantitative estimate of drug-likeness (QED) is 0.236. The van der Waals surface area contributed by atoms with Crippen LogP contribution in [0.1, 0.15) is 61.7 Å². The van der Waals surface area contributed by atoms with Gasteiger partial charge in [-0.05, 0) is 31.4 Å². The lowest BCUT2D eigenvalue weighted by atomic mass is 10.1. The molecule has 148 valence electrons. The number of hydrazine groups is 1. The van der Waals surface area contributed by atoms with Gasteiger partial charge in [-0.15, -0.1) is 6.58 Å². The lowest BCUT2D eigenvalue weighted by Crippen LogP contribution is -2.44. The number of anilines is 1. The summed E-state index contributed by atoms with van der Waals surface area (Å²) in [6.07, 6.45) is 9.73. The number of nitrogens with one attached hydrogen (secondary N) is 3. The first kappa shape index (κ1) is 22.2. The molecule has 7 nitrogen and oxygen atoms in total. The number of rotatable bonds is 11. The number of methoxy groups -OCH3 is 1. The fraction of sp³-hybridized carbons (Fsp3) is 0.450. The molecule has 1 aromatic carbocycles. The number of urea groups is 1. The van der Waals surface area contributed by atoms with Crippen molar-refractivity contribution >= 4 is 23.6 Å². The van der Waals surface area contributed by atoms with Gasteiger partial charge in [0.25, 0.3) is 0 Å². The van der Waals surface area contributed by atoms with Crippen LogP contribution in [0, 0.1) is 0 Å². The summed E-state index contributed by atoms with van der Waals surface area (Å²) in [4.78, 5) is 35.3. The molecule has 0 bridgehead atoms. The highest BCUT2D eigenvalue weighted by molar-refractivity contribution is 6.01. The topological polar surface area (TPSA) is 96.5 Å².